The van der Waals surface area contributed by atoms with Crippen LogP contribution in [0.5, 0.6) is 0 Å². The summed E-state index contributed by atoms with van der Waals surface area (Å²) in [7, 11) is 4.31. The van der Waals surface area contributed by atoms with Crippen LogP contribution in [0, 0.1) is 0 Å². The number of hydrogen-bond acceptors (Lipinski definition) is 2. The largest absolute Gasteiger partial charge is 0.333 e. The molecule has 3 nitrogen and oxygen atoms in total. The van der Waals surface area contributed by atoms with Crippen LogP contribution in [0.3, 0.4) is 0 Å². The van der Waals surface area contributed by atoms with Gasteiger partial charge in [-0.1, -0.05) is 6.08 Å². The van der Waals surface area contributed by atoms with Gasteiger partial charge in [0.25, 0.3) is 0 Å². The van der Waals surface area contributed by atoms with Gasteiger partial charge in [0.05, 0.1) is 12.0 Å². The molecule has 0 aromatic carbocycles. The van der Waals surface area contributed by atoms with Crippen LogP contribution in [-0.4, -0.2) is 33.6 Å². The van der Waals surface area contributed by atoms with E-state index in [2.05, 4.69) is 50.6 Å². The predicted molar refractivity (Wildman–Crippen MR) is 68.1 cm³/mol. The van der Waals surface area contributed by atoms with Crippen LogP contribution >= 0.6 is 15.9 Å². The van der Waals surface area contributed by atoms with Gasteiger partial charge in [-0.25, -0.2) is 4.98 Å². The molecule has 0 N–H and O–H groups in total. The van der Waals surface area contributed by atoms with Crippen molar-refractivity contribution in [2.75, 3.05) is 7.05 Å². The standard InChI is InChI=1S/C12H16BrN3/c1-15-7-14-12(13)11(15)8-5-9-3-4-10(6-8)16(9)2/h5,7,9-10H,3-4,6H2,1-2H3. The molecule has 3 heterocycles. The second kappa shape index (κ2) is 3.70. The average molecular weight is 282 g/mol. The lowest BCUT2D eigenvalue weighted by atomic mass is 9.99. The summed E-state index contributed by atoms with van der Waals surface area (Å²) in [5, 5.41) is 0. The average Bonchev–Trinajstić information content (AvgIpc) is 2.67. The Morgan fingerprint density at radius 3 is 2.81 bits per heavy atom. The van der Waals surface area contributed by atoms with E-state index in [1.54, 1.807) is 0 Å². The highest BCUT2D eigenvalue weighted by Crippen LogP contribution is 2.38. The number of rotatable bonds is 1. The van der Waals surface area contributed by atoms with Crippen molar-refractivity contribution in [1.82, 2.24) is 14.5 Å². The quantitative estimate of drug-likeness (QED) is 0.789. The van der Waals surface area contributed by atoms with Gasteiger partial charge in [-0.3, -0.25) is 4.90 Å². The zero-order valence-corrected chi connectivity index (χ0v) is 11.2. The SMILES string of the molecule is CN1C2C=C(c3c(Br)ncn3C)CC1CC2. The number of hydrogen-bond donors (Lipinski definition) is 0. The van der Waals surface area contributed by atoms with Gasteiger partial charge in [0, 0.05) is 19.1 Å². The van der Waals surface area contributed by atoms with Crippen LogP contribution in [-0.2, 0) is 7.05 Å². The molecule has 0 spiro atoms. The Bertz CT molecular complexity index is 430. The third kappa shape index (κ3) is 1.47. The van der Waals surface area contributed by atoms with E-state index in [1.165, 1.54) is 24.1 Å². The Hall–Kier alpha value is -0.610. The lowest BCUT2D eigenvalue weighted by molar-refractivity contribution is 0.264. The van der Waals surface area contributed by atoms with Crippen molar-refractivity contribution in [2.45, 2.75) is 31.3 Å². The van der Waals surface area contributed by atoms with Gasteiger partial charge >= 0.3 is 0 Å². The summed E-state index contributed by atoms with van der Waals surface area (Å²) in [5.41, 5.74) is 2.71. The number of fused-ring (bicyclic) bond motifs is 2. The fourth-order valence-electron chi connectivity index (χ4n) is 2.98. The molecule has 0 amide bonds. The minimum atomic E-state index is 0.635. The summed E-state index contributed by atoms with van der Waals surface area (Å²) in [6.45, 7) is 0. The van der Waals surface area contributed by atoms with Crippen molar-refractivity contribution in [1.29, 1.82) is 0 Å². The summed E-state index contributed by atoms with van der Waals surface area (Å²) in [5.74, 6) is 0. The highest BCUT2D eigenvalue weighted by atomic mass is 79.9. The Balaban J connectivity index is 2.01. The highest BCUT2D eigenvalue weighted by molar-refractivity contribution is 9.10. The van der Waals surface area contributed by atoms with Crippen LogP contribution in [0.15, 0.2) is 17.0 Å². The van der Waals surface area contributed by atoms with Crippen molar-refractivity contribution < 1.29 is 0 Å². The van der Waals surface area contributed by atoms with E-state index in [4.69, 9.17) is 0 Å². The summed E-state index contributed by atoms with van der Waals surface area (Å²) in [6.07, 6.45) is 8.09. The first-order valence-electron chi connectivity index (χ1n) is 5.76. The molecule has 2 atom stereocenters. The highest BCUT2D eigenvalue weighted by Gasteiger charge is 2.34. The Morgan fingerprint density at radius 2 is 2.19 bits per heavy atom. The van der Waals surface area contributed by atoms with Crippen LogP contribution in [0.25, 0.3) is 5.57 Å². The monoisotopic (exact) mass is 281 g/mol. The second-order valence-electron chi connectivity index (χ2n) is 4.85. The van der Waals surface area contributed by atoms with Crippen LogP contribution in [0.1, 0.15) is 25.0 Å². The number of nitrogens with zero attached hydrogens (tertiary/aromatic N) is 3. The predicted octanol–water partition coefficient (Wildman–Crippen LogP) is 2.43. The Morgan fingerprint density at radius 1 is 1.38 bits per heavy atom. The maximum absolute atomic E-state index is 4.31. The van der Waals surface area contributed by atoms with Gasteiger partial charge in [-0.15, -0.1) is 0 Å². The van der Waals surface area contributed by atoms with Crippen molar-refractivity contribution >= 4 is 21.5 Å². The molecule has 0 saturated carbocycles. The van der Waals surface area contributed by atoms with E-state index in [1.807, 2.05) is 6.33 Å². The van der Waals surface area contributed by atoms with Gasteiger partial charge < -0.3 is 4.57 Å². The van der Waals surface area contributed by atoms with E-state index in [-0.39, 0.29) is 0 Å². The van der Waals surface area contributed by atoms with Gasteiger partial charge in [0.1, 0.15) is 4.60 Å². The molecule has 1 saturated heterocycles. The lowest BCUT2D eigenvalue weighted by Gasteiger charge is -2.30. The number of halogens is 1. The first-order chi connectivity index (χ1) is 7.66. The van der Waals surface area contributed by atoms with Crippen LogP contribution in [0.4, 0.5) is 0 Å². The number of aryl methyl sites for hydroxylation is 1. The zero-order chi connectivity index (χ0) is 11.3. The van der Waals surface area contributed by atoms with Crippen molar-refractivity contribution in [3.05, 3.63) is 22.7 Å². The van der Waals surface area contributed by atoms with Crippen molar-refractivity contribution in [2.24, 2.45) is 7.05 Å². The minimum absolute atomic E-state index is 0.635. The molecule has 2 aliphatic rings. The van der Waals surface area contributed by atoms with Gasteiger partial charge in [-0.2, -0.15) is 0 Å². The molecule has 16 heavy (non-hydrogen) atoms. The first kappa shape index (κ1) is 10.5. The van der Waals surface area contributed by atoms with Gasteiger partial charge in [0.2, 0.25) is 0 Å². The molecule has 0 radical (unpaired) electrons. The zero-order valence-electron chi connectivity index (χ0n) is 9.65. The molecule has 86 valence electrons. The first-order valence-corrected chi connectivity index (χ1v) is 6.56. The number of aromatic nitrogens is 2. The fourth-order valence-corrected chi connectivity index (χ4v) is 3.60. The minimum Gasteiger partial charge on any atom is -0.333 e. The molecule has 0 aliphatic carbocycles. The lowest BCUT2D eigenvalue weighted by Crippen LogP contribution is -2.34. The van der Waals surface area contributed by atoms with Gasteiger partial charge in [-0.05, 0) is 47.8 Å². The van der Waals surface area contributed by atoms with Crippen LogP contribution < -0.4 is 0 Å². The van der Waals surface area contributed by atoms with E-state index < -0.39 is 0 Å². The van der Waals surface area contributed by atoms with E-state index in [9.17, 15) is 0 Å². The van der Waals surface area contributed by atoms with E-state index in [0.29, 0.717) is 6.04 Å². The maximum atomic E-state index is 4.31. The molecule has 2 aliphatic heterocycles. The third-order valence-corrected chi connectivity index (χ3v) is 4.52. The summed E-state index contributed by atoms with van der Waals surface area (Å²) in [4.78, 5) is 6.81. The number of imidazole rings is 1. The van der Waals surface area contributed by atoms with E-state index >= 15 is 0 Å². The fraction of sp³-hybridized carbons (Fsp3) is 0.583. The van der Waals surface area contributed by atoms with E-state index in [0.717, 1.165) is 17.1 Å². The Kier molecular flexibility index (Phi) is 2.44. The molecular formula is C12H16BrN3. The smallest absolute Gasteiger partial charge is 0.131 e. The normalized spacial score (nSPS) is 29.6. The summed E-state index contributed by atoms with van der Waals surface area (Å²) in [6, 6.07) is 1.36. The molecular weight excluding hydrogens is 266 g/mol. The topological polar surface area (TPSA) is 21.1 Å². The summed E-state index contributed by atoms with van der Waals surface area (Å²) < 4.78 is 3.09. The molecule has 1 fully saturated rings. The summed E-state index contributed by atoms with van der Waals surface area (Å²) >= 11 is 3.54. The van der Waals surface area contributed by atoms with Crippen molar-refractivity contribution in [3.63, 3.8) is 0 Å². The van der Waals surface area contributed by atoms with Crippen LogP contribution in [0.2, 0.25) is 0 Å². The third-order valence-electron chi connectivity index (χ3n) is 3.94. The molecule has 2 unspecified atom stereocenters. The molecule has 2 bridgehead atoms. The molecule has 4 heteroatoms. The molecule has 3 rings (SSSR count). The molecule has 1 aromatic heterocycles. The van der Waals surface area contributed by atoms with Gasteiger partial charge in [0.15, 0.2) is 0 Å². The molecule has 1 aromatic rings. The maximum Gasteiger partial charge on any atom is 0.131 e. The Labute approximate surface area is 104 Å². The number of likely N-dealkylation sites (N-methyl/N-ethyl adjacent to an activating group) is 1. The second-order valence-corrected chi connectivity index (χ2v) is 5.61. The van der Waals surface area contributed by atoms with Crippen molar-refractivity contribution in [3.8, 4) is 0 Å².